The molecule has 0 aliphatic carbocycles. The first kappa shape index (κ1) is 22.2. The van der Waals surface area contributed by atoms with Gasteiger partial charge in [0.2, 0.25) is 0 Å². The van der Waals surface area contributed by atoms with Gasteiger partial charge in [-0.25, -0.2) is 4.68 Å². The van der Waals surface area contributed by atoms with Crippen LogP contribution < -0.4 is 19.5 Å². The number of nitrogens with one attached hydrogen (secondary N) is 1. The predicted molar refractivity (Wildman–Crippen MR) is 117 cm³/mol. The molecule has 0 saturated heterocycles. The Balaban J connectivity index is 2.02. The smallest absolute Gasteiger partial charge is 0.270 e. The van der Waals surface area contributed by atoms with E-state index in [0.717, 1.165) is 23.4 Å². The SMILES string of the molecule is COCCCNC(=O)c1cc(-c2ccc(OC)cc2OC)nn1-c1ccc(OC)cc1. The number of rotatable bonds is 10. The van der Waals surface area contributed by atoms with Gasteiger partial charge in [0, 0.05) is 31.9 Å². The summed E-state index contributed by atoms with van der Waals surface area (Å²) >= 11 is 0. The third-order valence-corrected chi connectivity index (χ3v) is 4.75. The summed E-state index contributed by atoms with van der Waals surface area (Å²) in [5.74, 6) is 1.77. The van der Waals surface area contributed by atoms with E-state index >= 15 is 0 Å². The lowest BCUT2D eigenvalue weighted by atomic mass is 10.1. The van der Waals surface area contributed by atoms with Gasteiger partial charge in [-0.15, -0.1) is 0 Å². The third kappa shape index (κ3) is 5.16. The Hall–Kier alpha value is -3.52. The van der Waals surface area contributed by atoms with E-state index in [1.165, 1.54) is 0 Å². The topological polar surface area (TPSA) is 83.8 Å². The van der Waals surface area contributed by atoms with Crippen LogP contribution in [0.4, 0.5) is 0 Å². The lowest BCUT2D eigenvalue weighted by molar-refractivity contribution is 0.0941. The molecule has 0 bridgehead atoms. The highest BCUT2D eigenvalue weighted by atomic mass is 16.5. The zero-order valence-corrected chi connectivity index (χ0v) is 18.2. The van der Waals surface area contributed by atoms with Gasteiger partial charge in [-0.3, -0.25) is 4.79 Å². The summed E-state index contributed by atoms with van der Waals surface area (Å²) in [4.78, 5) is 12.9. The molecule has 0 spiro atoms. The van der Waals surface area contributed by atoms with Crippen LogP contribution >= 0.6 is 0 Å². The molecule has 0 saturated carbocycles. The molecular weight excluding hydrogens is 398 g/mol. The molecule has 164 valence electrons. The first-order chi connectivity index (χ1) is 15.1. The summed E-state index contributed by atoms with van der Waals surface area (Å²) in [6, 6.07) is 14.6. The number of methoxy groups -OCH3 is 4. The van der Waals surface area contributed by atoms with Crippen molar-refractivity contribution in [2.24, 2.45) is 0 Å². The minimum absolute atomic E-state index is 0.224. The van der Waals surface area contributed by atoms with E-state index in [1.807, 2.05) is 36.4 Å². The van der Waals surface area contributed by atoms with Crippen molar-refractivity contribution >= 4 is 5.91 Å². The molecule has 2 aromatic carbocycles. The molecule has 0 fully saturated rings. The van der Waals surface area contributed by atoms with Crippen molar-refractivity contribution in [3.8, 4) is 34.2 Å². The van der Waals surface area contributed by atoms with Crippen molar-refractivity contribution in [2.75, 3.05) is 41.6 Å². The number of hydrogen-bond acceptors (Lipinski definition) is 6. The van der Waals surface area contributed by atoms with Crippen LogP contribution in [0.2, 0.25) is 0 Å². The number of ether oxygens (including phenoxy) is 4. The maximum atomic E-state index is 12.9. The van der Waals surface area contributed by atoms with Crippen molar-refractivity contribution in [1.82, 2.24) is 15.1 Å². The molecule has 0 atom stereocenters. The molecule has 1 heterocycles. The lowest BCUT2D eigenvalue weighted by Gasteiger charge is -2.09. The Morgan fingerprint density at radius 3 is 2.29 bits per heavy atom. The second kappa shape index (κ2) is 10.5. The number of amides is 1. The maximum Gasteiger partial charge on any atom is 0.270 e. The molecule has 31 heavy (non-hydrogen) atoms. The number of carbonyl (C=O) groups excluding carboxylic acids is 1. The van der Waals surface area contributed by atoms with Gasteiger partial charge in [-0.2, -0.15) is 5.10 Å². The maximum absolute atomic E-state index is 12.9. The number of carbonyl (C=O) groups is 1. The van der Waals surface area contributed by atoms with E-state index in [9.17, 15) is 4.79 Å². The molecule has 1 N–H and O–H groups in total. The van der Waals surface area contributed by atoms with Crippen molar-refractivity contribution in [2.45, 2.75) is 6.42 Å². The van der Waals surface area contributed by atoms with Gasteiger partial charge in [-0.1, -0.05) is 0 Å². The Kier molecular flexibility index (Phi) is 7.50. The van der Waals surface area contributed by atoms with E-state index in [1.54, 1.807) is 45.3 Å². The molecule has 0 aliphatic heterocycles. The van der Waals surface area contributed by atoms with E-state index in [0.29, 0.717) is 36.0 Å². The van der Waals surface area contributed by atoms with Gasteiger partial charge < -0.3 is 24.3 Å². The number of nitrogens with zero attached hydrogens (tertiary/aromatic N) is 2. The largest absolute Gasteiger partial charge is 0.497 e. The van der Waals surface area contributed by atoms with Crippen LogP contribution in [0.15, 0.2) is 48.5 Å². The Morgan fingerprint density at radius 2 is 1.65 bits per heavy atom. The van der Waals surface area contributed by atoms with Gasteiger partial charge >= 0.3 is 0 Å². The number of benzene rings is 2. The Morgan fingerprint density at radius 1 is 0.935 bits per heavy atom. The second-order valence-corrected chi connectivity index (χ2v) is 6.69. The molecule has 8 heteroatoms. The molecule has 0 radical (unpaired) electrons. The van der Waals surface area contributed by atoms with Crippen LogP contribution in [-0.4, -0.2) is 57.3 Å². The molecule has 8 nitrogen and oxygen atoms in total. The highest BCUT2D eigenvalue weighted by Crippen LogP contribution is 2.33. The van der Waals surface area contributed by atoms with Gasteiger partial charge in [0.05, 0.1) is 32.7 Å². The van der Waals surface area contributed by atoms with E-state index in [-0.39, 0.29) is 5.91 Å². The summed E-state index contributed by atoms with van der Waals surface area (Å²) in [5, 5.41) is 7.63. The standard InChI is InChI=1S/C23H27N3O5/c1-28-13-5-12-24-23(27)21-15-20(19-11-10-18(30-3)14-22(19)31-4)25-26(21)16-6-8-17(29-2)9-7-16/h6-11,14-15H,5,12-13H2,1-4H3,(H,24,27). The van der Waals surface area contributed by atoms with E-state index in [4.69, 9.17) is 24.0 Å². The van der Waals surface area contributed by atoms with E-state index < -0.39 is 0 Å². The predicted octanol–water partition coefficient (Wildman–Crippen LogP) is 3.33. The minimum Gasteiger partial charge on any atom is -0.497 e. The molecular formula is C23H27N3O5. The minimum atomic E-state index is -0.224. The summed E-state index contributed by atoms with van der Waals surface area (Å²) in [5.41, 5.74) is 2.51. The fourth-order valence-electron chi connectivity index (χ4n) is 3.11. The summed E-state index contributed by atoms with van der Waals surface area (Å²) in [7, 11) is 6.42. The zero-order valence-electron chi connectivity index (χ0n) is 18.2. The van der Waals surface area contributed by atoms with Gasteiger partial charge in [0.1, 0.15) is 22.9 Å². The van der Waals surface area contributed by atoms with Crippen molar-refractivity contribution < 1.29 is 23.7 Å². The van der Waals surface area contributed by atoms with Crippen molar-refractivity contribution in [3.63, 3.8) is 0 Å². The van der Waals surface area contributed by atoms with Crippen LogP contribution in [0, 0.1) is 0 Å². The second-order valence-electron chi connectivity index (χ2n) is 6.69. The van der Waals surface area contributed by atoms with Crippen molar-refractivity contribution in [3.05, 3.63) is 54.2 Å². The average molecular weight is 425 g/mol. The first-order valence-electron chi connectivity index (χ1n) is 9.85. The molecule has 0 unspecified atom stereocenters. The molecule has 0 aliphatic rings. The highest BCUT2D eigenvalue weighted by Gasteiger charge is 2.19. The number of aromatic nitrogens is 2. The fraction of sp³-hybridized carbons (Fsp3) is 0.304. The van der Waals surface area contributed by atoms with E-state index in [2.05, 4.69) is 5.32 Å². The fourth-order valence-corrected chi connectivity index (χ4v) is 3.11. The quantitative estimate of drug-likeness (QED) is 0.502. The zero-order chi connectivity index (χ0) is 22.2. The van der Waals surface area contributed by atoms with Crippen LogP contribution in [0.5, 0.6) is 17.2 Å². The molecule has 3 aromatic rings. The Labute approximate surface area is 181 Å². The average Bonchev–Trinajstić information content (AvgIpc) is 3.26. The summed E-state index contributed by atoms with van der Waals surface area (Å²) < 4.78 is 22.7. The van der Waals surface area contributed by atoms with Crippen LogP contribution in [0.1, 0.15) is 16.9 Å². The van der Waals surface area contributed by atoms with Crippen LogP contribution in [0.3, 0.4) is 0 Å². The lowest BCUT2D eigenvalue weighted by Crippen LogP contribution is -2.27. The molecule has 3 rings (SSSR count). The van der Waals surface area contributed by atoms with Gasteiger partial charge in [0.25, 0.3) is 5.91 Å². The summed E-state index contributed by atoms with van der Waals surface area (Å²) in [6.07, 6.45) is 0.720. The third-order valence-electron chi connectivity index (χ3n) is 4.75. The van der Waals surface area contributed by atoms with Gasteiger partial charge in [0.15, 0.2) is 0 Å². The van der Waals surface area contributed by atoms with Gasteiger partial charge in [-0.05, 0) is 48.9 Å². The molecule has 1 aromatic heterocycles. The number of hydrogen-bond donors (Lipinski definition) is 1. The van der Waals surface area contributed by atoms with Crippen LogP contribution in [-0.2, 0) is 4.74 Å². The highest BCUT2D eigenvalue weighted by molar-refractivity contribution is 5.94. The van der Waals surface area contributed by atoms with Crippen LogP contribution in [0.25, 0.3) is 16.9 Å². The first-order valence-corrected chi connectivity index (χ1v) is 9.85. The molecule has 1 amide bonds. The van der Waals surface area contributed by atoms with Crippen molar-refractivity contribution in [1.29, 1.82) is 0 Å². The monoisotopic (exact) mass is 425 g/mol. The normalized spacial score (nSPS) is 10.6. The Bertz CT molecular complexity index is 1010. The summed E-state index contributed by atoms with van der Waals surface area (Å²) in [6.45, 7) is 1.08.